The lowest BCUT2D eigenvalue weighted by Gasteiger charge is -2.12. The number of benzene rings is 1. The lowest BCUT2D eigenvalue weighted by molar-refractivity contribution is 0.249. The Hall–Kier alpha value is -2.25. The molecule has 124 valence electrons. The first kappa shape index (κ1) is 16.6. The van der Waals surface area contributed by atoms with E-state index in [1.807, 2.05) is 49.6 Å². The average Bonchev–Trinajstić information content (AvgIpc) is 3.19. The number of nitrogens with zero attached hydrogens (tertiary/aromatic N) is 2. The summed E-state index contributed by atoms with van der Waals surface area (Å²) in [5.74, 6) is 0. The standard InChI is InChI=1S/C17H18N4OS2/c1-11-6-3-4-8-14(11)15-20-21-17(24-15)19-16(22)18-12(2)10-13-7-5-9-23-13/h3-9,12H,10H2,1-2H3,(H2,18,19,21,22)/t12-/m1/s1. The second-order valence-corrected chi connectivity index (χ2v) is 7.52. The third-order valence-corrected chi connectivity index (χ3v) is 5.26. The minimum atomic E-state index is -0.258. The van der Waals surface area contributed by atoms with Crippen LogP contribution in [0.15, 0.2) is 41.8 Å². The van der Waals surface area contributed by atoms with E-state index in [2.05, 4.69) is 26.9 Å². The number of aromatic nitrogens is 2. The van der Waals surface area contributed by atoms with Crippen LogP contribution in [0.5, 0.6) is 0 Å². The summed E-state index contributed by atoms with van der Waals surface area (Å²) in [5, 5.41) is 17.2. The molecule has 2 heterocycles. The van der Waals surface area contributed by atoms with Gasteiger partial charge >= 0.3 is 6.03 Å². The number of rotatable bonds is 5. The topological polar surface area (TPSA) is 66.9 Å². The molecule has 0 unspecified atom stereocenters. The summed E-state index contributed by atoms with van der Waals surface area (Å²) in [5.41, 5.74) is 2.17. The number of thiophene rings is 1. The van der Waals surface area contributed by atoms with Gasteiger partial charge in [-0.25, -0.2) is 4.79 Å². The highest BCUT2D eigenvalue weighted by atomic mass is 32.1. The Morgan fingerprint density at radius 2 is 2.04 bits per heavy atom. The molecular weight excluding hydrogens is 340 g/mol. The zero-order chi connectivity index (χ0) is 16.9. The summed E-state index contributed by atoms with van der Waals surface area (Å²) < 4.78 is 0. The maximum atomic E-state index is 12.1. The van der Waals surface area contributed by atoms with Gasteiger partial charge in [0.05, 0.1) is 0 Å². The number of amides is 2. The summed E-state index contributed by atoms with van der Waals surface area (Å²) in [6.07, 6.45) is 0.815. The first-order valence-electron chi connectivity index (χ1n) is 7.61. The predicted molar refractivity (Wildman–Crippen MR) is 99.7 cm³/mol. The Labute approximate surface area is 148 Å². The van der Waals surface area contributed by atoms with E-state index in [0.29, 0.717) is 5.13 Å². The van der Waals surface area contributed by atoms with Crippen LogP contribution in [0.2, 0.25) is 0 Å². The van der Waals surface area contributed by atoms with E-state index in [1.54, 1.807) is 11.3 Å². The van der Waals surface area contributed by atoms with Crippen molar-refractivity contribution >= 4 is 33.8 Å². The SMILES string of the molecule is Cc1ccccc1-c1nnc(NC(=O)N[C@H](C)Cc2cccs2)s1. The van der Waals surface area contributed by atoms with E-state index >= 15 is 0 Å². The highest BCUT2D eigenvalue weighted by Gasteiger charge is 2.13. The summed E-state index contributed by atoms with van der Waals surface area (Å²) in [7, 11) is 0. The molecule has 3 rings (SSSR count). The van der Waals surface area contributed by atoms with E-state index < -0.39 is 0 Å². The average molecular weight is 358 g/mol. The molecule has 0 spiro atoms. The molecule has 0 radical (unpaired) electrons. The van der Waals surface area contributed by atoms with Crippen LogP contribution in [0.1, 0.15) is 17.4 Å². The summed E-state index contributed by atoms with van der Waals surface area (Å²) >= 11 is 3.06. The van der Waals surface area contributed by atoms with Gasteiger partial charge in [0.25, 0.3) is 0 Å². The van der Waals surface area contributed by atoms with Gasteiger partial charge in [0.2, 0.25) is 5.13 Å². The first-order valence-corrected chi connectivity index (χ1v) is 9.31. The van der Waals surface area contributed by atoms with Crippen LogP contribution >= 0.6 is 22.7 Å². The van der Waals surface area contributed by atoms with Crippen molar-refractivity contribution in [3.63, 3.8) is 0 Å². The third-order valence-electron chi connectivity index (χ3n) is 3.49. The molecule has 1 aromatic carbocycles. The molecule has 0 aliphatic rings. The zero-order valence-corrected chi connectivity index (χ0v) is 15.1. The molecule has 5 nitrogen and oxygen atoms in total. The van der Waals surface area contributed by atoms with Crippen molar-refractivity contribution in [2.45, 2.75) is 26.3 Å². The van der Waals surface area contributed by atoms with E-state index in [1.165, 1.54) is 16.2 Å². The fourth-order valence-corrected chi connectivity index (χ4v) is 4.00. The lowest BCUT2D eigenvalue weighted by atomic mass is 10.1. The Balaban J connectivity index is 1.58. The van der Waals surface area contributed by atoms with Gasteiger partial charge in [-0.15, -0.1) is 21.5 Å². The minimum absolute atomic E-state index is 0.0485. The highest BCUT2D eigenvalue weighted by Crippen LogP contribution is 2.28. The van der Waals surface area contributed by atoms with Crippen LogP contribution in [0.3, 0.4) is 0 Å². The molecule has 0 saturated heterocycles. The van der Waals surface area contributed by atoms with Crippen molar-refractivity contribution in [1.29, 1.82) is 0 Å². The number of aryl methyl sites for hydroxylation is 1. The monoisotopic (exact) mass is 358 g/mol. The third kappa shape index (κ3) is 4.18. The van der Waals surface area contributed by atoms with Crippen molar-refractivity contribution in [1.82, 2.24) is 15.5 Å². The van der Waals surface area contributed by atoms with Gasteiger partial charge < -0.3 is 5.32 Å². The zero-order valence-electron chi connectivity index (χ0n) is 13.4. The lowest BCUT2D eigenvalue weighted by Crippen LogP contribution is -2.37. The largest absolute Gasteiger partial charge is 0.335 e. The van der Waals surface area contributed by atoms with Crippen LogP contribution in [-0.2, 0) is 6.42 Å². The van der Waals surface area contributed by atoms with Gasteiger partial charge in [-0.2, -0.15) is 0 Å². The van der Waals surface area contributed by atoms with Crippen molar-refractivity contribution in [2.24, 2.45) is 0 Å². The molecule has 0 fully saturated rings. The highest BCUT2D eigenvalue weighted by molar-refractivity contribution is 7.18. The second kappa shape index (κ2) is 7.55. The van der Waals surface area contributed by atoms with Crippen molar-refractivity contribution in [2.75, 3.05) is 5.32 Å². The van der Waals surface area contributed by atoms with Gasteiger partial charge in [0, 0.05) is 22.9 Å². The van der Waals surface area contributed by atoms with Gasteiger partial charge in [-0.3, -0.25) is 5.32 Å². The van der Waals surface area contributed by atoms with Crippen LogP contribution in [-0.4, -0.2) is 22.3 Å². The number of carbonyl (C=O) groups is 1. The molecule has 1 atom stereocenters. The molecule has 0 aliphatic heterocycles. The molecule has 2 aromatic heterocycles. The number of anilines is 1. The molecule has 0 aliphatic carbocycles. The summed E-state index contributed by atoms with van der Waals surface area (Å²) in [6, 6.07) is 11.9. The first-order chi connectivity index (χ1) is 11.6. The predicted octanol–water partition coefficient (Wildman–Crippen LogP) is 4.33. The number of hydrogen-bond donors (Lipinski definition) is 2. The number of carbonyl (C=O) groups excluding carboxylic acids is 1. The van der Waals surface area contributed by atoms with E-state index in [-0.39, 0.29) is 12.1 Å². The number of hydrogen-bond acceptors (Lipinski definition) is 5. The van der Waals surface area contributed by atoms with Gasteiger partial charge in [-0.05, 0) is 30.9 Å². The molecule has 3 aromatic rings. The van der Waals surface area contributed by atoms with Gasteiger partial charge in [-0.1, -0.05) is 41.7 Å². The molecule has 2 N–H and O–H groups in total. The maximum Gasteiger partial charge on any atom is 0.321 e. The maximum absolute atomic E-state index is 12.1. The van der Waals surface area contributed by atoms with Crippen LogP contribution < -0.4 is 10.6 Å². The van der Waals surface area contributed by atoms with Crippen molar-refractivity contribution in [3.8, 4) is 10.6 Å². The Morgan fingerprint density at radius 3 is 2.79 bits per heavy atom. The fourth-order valence-electron chi connectivity index (χ4n) is 2.33. The summed E-state index contributed by atoms with van der Waals surface area (Å²) in [4.78, 5) is 13.3. The molecule has 0 bridgehead atoms. The molecule has 0 saturated carbocycles. The van der Waals surface area contributed by atoms with Crippen LogP contribution in [0.25, 0.3) is 10.6 Å². The minimum Gasteiger partial charge on any atom is -0.335 e. The second-order valence-electron chi connectivity index (χ2n) is 5.51. The molecule has 24 heavy (non-hydrogen) atoms. The van der Waals surface area contributed by atoms with Gasteiger partial charge in [0.1, 0.15) is 5.01 Å². The Morgan fingerprint density at radius 1 is 1.21 bits per heavy atom. The van der Waals surface area contributed by atoms with E-state index in [4.69, 9.17) is 0 Å². The van der Waals surface area contributed by atoms with Crippen molar-refractivity contribution < 1.29 is 4.79 Å². The van der Waals surface area contributed by atoms with Crippen LogP contribution in [0, 0.1) is 6.92 Å². The van der Waals surface area contributed by atoms with Gasteiger partial charge in [0.15, 0.2) is 0 Å². The van der Waals surface area contributed by atoms with Crippen LogP contribution in [0.4, 0.5) is 9.93 Å². The molecular formula is C17H18N4OS2. The Bertz CT molecular complexity index is 814. The van der Waals surface area contributed by atoms with Crippen molar-refractivity contribution in [3.05, 3.63) is 52.2 Å². The number of urea groups is 1. The fraction of sp³-hybridized carbons (Fsp3) is 0.235. The smallest absolute Gasteiger partial charge is 0.321 e. The number of nitrogens with one attached hydrogen (secondary N) is 2. The molecule has 7 heteroatoms. The Kier molecular flexibility index (Phi) is 5.22. The van der Waals surface area contributed by atoms with E-state index in [9.17, 15) is 4.79 Å². The normalized spacial score (nSPS) is 11.9. The summed E-state index contributed by atoms with van der Waals surface area (Å²) in [6.45, 7) is 4.01. The van der Waals surface area contributed by atoms with E-state index in [0.717, 1.165) is 22.6 Å². The quantitative estimate of drug-likeness (QED) is 0.713. The molecule has 2 amide bonds.